The maximum atomic E-state index is 14.0. The van der Waals surface area contributed by atoms with Crippen LogP contribution in [-0.4, -0.2) is 126 Å². The average molecular weight is 697 g/mol. The van der Waals surface area contributed by atoms with Gasteiger partial charge in [-0.25, -0.2) is 19.2 Å². The molecule has 0 atom stereocenters. The predicted molar refractivity (Wildman–Crippen MR) is 184 cm³/mol. The zero-order valence-electron chi connectivity index (χ0n) is 30.9. The Labute approximate surface area is 293 Å². The molecule has 4 heterocycles. The number of rotatable bonds is 8. The number of hydrogen-bond donors (Lipinski definition) is 4. The number of piperidine rings is 2. The molecule has 50 heavy (non-hydrogen) atoms. The van der Waals surface area contributed by atoms with Gasteiger partial charge in [-0.15, -0.1) is 0 Å². The second kappa shape index (κ2) is 11.8. The first-order chi connectivity index (χ1) is 22.8. The summed E-state index contributed by atoms with van der Waals surface area (Å²) in [6.45, 7) is 15.7. The van der Waals surface area contributed by atoms with Gasteiger partial charge in [0.25, 0.3) is 11.8 Å². The van der Waals surface area contributed by atoms with E-state index in [1.165, 1.54) is 12.1 Å². The van der Waals surface area contributed by atoms with E-state index in [1.807, 2.05) is 69.5 Å². The third-order valence-corrected chi connectivity index (χ3v) is 12.1. The molecule has 1 aromatic rings. The van der Waals surface area contributed by atoms with Gasteiger partial charge in [-0.05, 0) is 131 Å². The van der Waals surface area contributed by atoms with Gasteiger partial charge >= 0.3 is 24.0 Å². The molecule has 4 aliphatic rings. The summed E-state index contributed by atoms with van der Waals surface area (Å²) in [5.74, 6) is -3.43. The van der Waals surface area contributed by atoms with Crippen LogP contribution in [0, 0.1) is 0 Å². The van der Waals surface area contributed by atoms with Gasteiger partial charge in [-0.3, -0.25) is 29.2 Å². The minimum atomic E-state index is -1.31. The molecule has 4 aliphatic heterocycles. The summed E-state index contributed by atoms with van der Waals surface area (Å²) < 4.78 is 0. The van der Waals surface area contributed by atoms with E-state index in [-0.39, 0.29) is 48.2 Å². The average Bonchev–Trinajstić information content (AvgIpc) is 3.32. The number of urea groups is 2. The zero-order valence-corrected chi connectivity index (χ0v) is 30.9. The number of carbonyl (C=O) groups is 6. The van der Waals surface area contributed by atoms with Gasteiger partial charge < -0.3 is 20.8 Å². The topological polar surface area (TPSA) is 180 Å². The maximum Gasteiger partial charge on any atom is 0.335 e. The number of hydrogen-bond acceptors (Lipinski definition) is 8. The number of carboxylic acids is 2. The molecule has 2 spiro atoms. The molecule has 0 radical (unpaired) electrons. The maximum absolute atomic E-state index is 14.0. The van der Waals surface area contributed by atoms with Crippen LogP contribution in [0.15, 0.2) is 12.1 Å². The molecule has 14 nitrogen and oxygen atoms in total. The van der Waals surface area contributed by atoms with Gasteiger partial charge in [-0.2, -0.15) is 0 Å². The molecule has 0 unspecified atom stereocenters. The van der Waals surface area contributed by atoms with Crippen molar-refractivity contribution in [2.45, 2.75) is 127 Å². The van der Waals surface area contributed by atoms with Crippen LogP contribution in [0.25, 0.3) is 0 Å². The molecule has 5 rings (SSSR count). The minimum absolute atomic E-state index is 0.131. The van der Waals surface area contributed by atoms with Crippen molar-refractivity contribution in [3.8, 4) is 0 Å². The number of nitrogens with one attached hydrogen (secondary N) is 2. The number of imide groups is 2. The lowest BCUT2D eigenvalue weighted by molar-refractivity contribution is -0.139. The molecular weight excluding hydrogens is 644 g/mol. The Morgan fingerprint density at radius 2 is 0.880 bits per heavy atom. The molecule has 1 aromatic carbocycles. The number of nitrogens with zero attached hydrogens (tertiary/aromatic N) is 4. The van der Waals surface area contributed by atoms with Crippen molar-refractivity contribution in [3.63, 3.8) is 0 Å². The molecule has 0 bridgehead atoms. The molecule has 4 saturated heterocycles. The lowest BCUT2D eigenvalue weighted by Crippen LogP contribution is -2.68. The highest BCUT2D eigenvalue weighted by Crippen LogP contribution is 2.46. The number of carbonyl (C=O) groups excluding carboxylic acids is 4. The third-order valence-electron chi connectivity index (χ3n) is 12.1. The largest absolute Gasteiger partial charge is 0.478 e. The monoisotopic (exact) mass is 696 g/mol. The quantitative estimate of drug-likeness (QED) is 0.295. The van der Waals surface area contributed by atoms with Crippen LogP contribution in [0.4, 0.5) is 9.59 Å². The number of benzene rings is 1. The Kier molecular flexibility index (Phi) is 8.75. The first kappa shape index (κ1) is 37.2. The Bertz CT molecular complexity index is 1520. The minimum Gasteiger partial charge on any atom is -0.478 e. The van der Waals surface area contributed by atoms with Gasteiger partial charge in [0.15, 0.2) is 0 Å². The second-order valence-corrected chi connectivity index (χ2v) is 17.2. The summed E-state index contributed by atoms with van der Waals surface area (Å²) in [5, 5.41) is 26.2. The van der Waals surface area contributed by atoms with E-state index < -0.39 is 69.0 Å². The Hall–Kier alpha value is -4.04. The highest BCUT2D eigenvalue weighted by atomic mass is 16.4. The van der Waals surface area contributed by atoms with Crippen molar-refractivity contribution in [1.29, 1.82) is 0 Å². The first-order valence-electron chi connectivity index (χ1n) is 17.2. The van der Waals surface area contributed by atoms with Crippen LogP contribution < -0.4 is 10.6 Å². The van der Waals surface area contributed by atoms with Gasteiger partial charge in [0, 0.05) is 35.2 Å². The summed E-state index contributed by atoms with van der Waals surface area (Å²) in [6.07, 6.45) is 1.22. The smallest absolute Gasteiger partial charge is 0.335 e. The summed E-state index contributed by atoms with van der Waals surface area (Å²) >= 11 is 0. The molecule has 6 amide bonds. The standard InChI is InChI=1S/C36H52N6O8/c1-31(2)17-35(18-32(3,4)39(31)9)27(47)41(29(49)37-35)15-13-21-22(24(26(45)46)12-11-23(21)25(43)44)14-16-42-28(48)36(38-30(42)50)19-33(5,6)40(10)34(7,8)20-36/h11-12H,13-20H2,1-10H3,(H,37,49)(H,38,50)(H,43,44)(H,45,46). The highest BCUT2D eigenvalue weighted by Gasteiger charge is 2.61. The Morgan fingerprint density at radius 3 is 1.14 bits per heavy atom. The van der Waals surface area contributed by atoms with Crippen molar-refractivity contribution in [1.82, 2.24) is 30.2 Å². The van der Waals surface area contributed by atoms with Crippen molar-refractivity contribution in [2.24, 2.45) is 0 Å². The van der Waals surface area contributed by atoms with Crippen molar-refractivity contribution >= 4 is 35.8 Å². The van der Waals surface area contributed by atoms with Gasteiger partial charge in [-0.1, -0.05) is 0 Å². The number of likely N-dealkylation sites (tertiary alicyclic amines) is 2. The predicted octanol–water partition coefficient (Wildman–Crippen LogP) is 3.31. The molecule has 0 aliphatic carbocycles. The van der Waals surface area contributed by atoms with Crippen LogP contribution in [0.5, 0.6) is 0 Å². The summed E-state index contributed by atoms with van der Waals surface area (Å²) in [6, 6.07) is 1.22. The van der Waals surface area contributed by atoms with Crippen LogP contribution >= 0.6 is 0 Å². The fraction of sp³-hybridized carbons (Fsp3) is 0.667. The van der Waals surface area contributed by atoms with Crippen molar-refractivity contribution in [3.05, 3.63) is 34.4 Å². The molecule has 4 N–H and O–H groups in total. The fourth-order valence-electron chi connectivity index (χ4n) is 9.54. The normalized spacial score (nSPS) is 24.9. The van der Waals surface area contributed by atoms with Crippen LogP contribution in [-0.2, 0) is 22.4 Å². The SMILES string of the molecule is CN1C(C)(C)CC2(CC1(C)C)NC(=O)N(CCc1c(C(=O)O)ccc(C(=O)O)c1CCN1C(=O)NC3(CC(C)(C)N(C)C(C)(C)C3)C1=O)C2=O. The fourth-order valence-corrected chi connectivity index (χ4v) is 9.54. The van der Waals surface area contributed by atoms with E-state index in [2.05, 4.69) is 20.4 Å². The van der Waals surface area contributed by atoms with Crippen LogP contribution in [0.2, 0.25) is 0 Å². The number of amides is 6. The zero-order chi connectivity index (χ0) is 37.6. The van der Waals surface area contributed by atoms with Crippen LogP contribution in [0.1, 0.15) is 113 Å². The van der Waals surface area contributed by atoms with Gasteiger partial charge in [0.2, 0.25) is 0 Å². The summed E-state index contributed by atoms with van der Waals surface area (Å²) in [7, 11) is 3.98. The summed E-state index contributed by atoms with van der Waals surface area (Å²) in [5.41, 5.74) is -4.06. The first-order valence-corrected chi connectivity index (χ1v) is 17.2. The third kappa shape index (κ3) is 5.93. The Balaban J connectivity index is 1.43. The van der Waals surface area contributed by atoms with E-state index in [4.69, 9.17) is 0 Å². The van der Waals surface area contributed by atoms with Gasteiger partial charge in [0.1, 0.15) is 11.1 Å². The molecule has 4 fully saturated rings. The van der Waals surface area contributed by atoms with E-state index in [0.717, 1.165) is 9.80 Å². The van der Waals surface area contributed by atoms with Crippen molar-refractivity contribution < 1.29 is 39.0 Å². The number of carboxylic acid groups (broad SMARTS) is 2. The van der Waals surface area contributed by atoms with E-state index in [0.29, 0.717) is 25.7 Å². The molecular formula is C36H52N6O8. The van der Waals surface area contributed by atoms with Crippen molar-refractivity contribution in [2.75, 3.05) is 27.2 Å². The van der Waals surface area contributed by atoms with E-state index in [9.17, 15) is 39.0 Å². The van der Waals surface area contributed by atoms with E-state index >= 15 is 0 Å². The Morgan fingerprint density at radius 1 is 0.600 bits per heavy atom. The van der Waals surface area contributed by atoms with E-state index in [1.54, 1.807) is 0 Å². The second-order valence-electron chi connectivity index (χ2n) is 17.2. The molecule has 274 valence electrons. The molecule has 0 aromatic heterocycles. The molecule has 0 saturated carbocycles. The summed E-state index contributed by atoms with van der Waals surface area (Å²) in [4.78, 5) is 86.3. The number of aromatic carboxylic acids is 2. The van der Waals surface area contributed by atoms with Gasteiger partial charge in [0.05, 0.1) is 11.1 Å². The lowest BCUT2D eigenvalue weighted by atomic mass is 9.69. The molecule has 14 heteroatoms. The highest BCUT2D eigenvalue weighted by molar-refractivity contribution is 6.08. The van der Waals surface area contributed by atoms with Crippen LogP contribution in [0.3, 0.4) is 0 Å². The lowest BCUT2D eigenvalue weighted by Gasteiger charge is -2.56.